The Morgan fingerprint density at radius 1 is 1.33 bits per heavy atom. The van der Waals surface area contributed by atoms with Gasteiger partial charge in [0, 0.05) is 10.7 Å². The van der Waals surface area contributed by atoms with Gasteiger partial charge in [-0.15, -0.1) is 0 Å². The first-order chi connectivity index (χ1) is 5.47. The summed E-state index contributed by atoms with van der Waals surface area (Å²) in [6.45, 7) is 7.27. The lowest BCUT2D eigenvalue weighted by molar-refractivity contribution is -0.0685. The Hall–Kier alpha value is 0.440. The lowest BCUT2D eigenvalue weighted by Gasteiger charge is -2.41. The van der Waals surface area contributed by atoms with Gasteiger partial charge in [0.05, 0.1) is 12.2 Å². The molecule has 0 bridgehead atoms. The van der Waals surface area contributed by atoms with Gasteiger partial charge >= 0.3 is 0 Å². The van der Waals surface area contributed by atoms with Crippen molar-refractivity contribution in [2.75, 3.05) is 11.9 Å². The lowest BCUT2D eigenvalue weighted by atomic mass is 9.71. The minimum Gasteiger partial charge on any atom is -0.375 e. The van der Waals surface area contributed by atoms with E-state index in [1.54, 1.807) is 0 Å². The highest BCUT2D eigenvalue weighted by molar-refractivity contribution is 9.09. The molecule has 0 amide bonds. The van der Waals surface area contributed by atoms with E-state index in [2.05, 4.69) is 36.7 Å². The maximum atomic E-state index is 5.80. The van der Waals surface area contributed by atoms with Crippen LogP contribution in [0.2, 0.25) is 0 Å². The summed E-state index contributed by atoms with van der Waals surface area (Å²) in [5.74, 6) is 0. The molecule has 0 aliphatic heterocycles. The predicted octanol–water partition coefficient (Wildman–Crippen LogP) is 3.37. The van der Waals surface area contributed by atoms with Crippen molar-refractivity contribution in [2.24, 2.45) is 5.41 Å². The van der Waals surface area contributed by atoms with Gasteiger partial charge in [-0.25, -0.2) is 0 Å². The Morgan fingerprint density at radius 3 is 2.17 bits per heavy atom. The van der Waals surface area contributed by atoms with Gasteiger partial charge in [-0.05, 0) is 33.6 Å². The van der Waals surface area contributed by atoms with E-state index < -0.39 is 0 Å². The molecule has 72 valence electrons. The Balaban J connectivity index is 2.30. The van der Waals surface area contributed by atoms with Crippen LogP contribution in [0, 0.1) is 5.41 Å². The van der Waals surface area contributed by atoms with Crippen LogP contribution in [-0.4, -0.2) is 17.5 Å². The minimum atomic E-state index is 0.0186. The highest BCUT2D eigenvalue weighted by Gasteiger charge is 2.37. The number of hydrogen-bond acceptors (Lipinski definition) is 1. The fraction of sp³-hybridized carbons (Fsp3) is 1.00. The third-order valence-electron chi connectivity index (χ3n) is 2.51. The van der Waals surface area contributed by atoms with Crippen molar-refractivity contribution in [1.82, 2.24) is 0 Å². The zero-order chi connectivity index (χ0) is 9.24. The molecular formula is C10H19BrO. The smallest absolute Gasteiger partial charge is 0.0598 e. The van der Waals surface area contributed by atoms with E-state index in [1.165, 1.54) is 19.3 Å². The van der Waals surface area contributed by atoms with E-state index in [9.17, 15) is 0 Å². The summed E-state index contributed by atoms with van der Waals surface area (Å²) >= 11 is 3.57. The van der Waals surface area contributed by atoms with Crippen LogP contribution in [-0.2, 0) is 4.74 Å². The van der Waals surface area contributed by atoms with Crippen molar-refractivity contribution in [2.45, 2.75) is 45.6 Å². The molecule has 0 aromatic rings. The molecule has 1 fully saturated rings. The van der Waals surface area contributed by atoms with Crippen molar-refractivity contribution in [3.63, 3.8) is 0 Å². The largest absolute Gasteiger partial charge is 0.375 e. The second-order valence-electron chi connectivity index (χ2n) is 4.89. The van der Waals surface area contributed by atoms with Crippen molar-refractivity contribution < 1.29 is 4.74 Å². The summed E-state index contributed by atoms with van der Waals surface area (Å²) in [5.41, 5.74) is 0.484. The van der Waals surface area contributed by atoms with E-state index in [1.807, 2.05) is 0 Å². The molecule has 1 aliphatic rings. The first-order valence-corrected chi connectivity index (χ1v) is 5.80. The molecule has 1 aliphatic carbocycles. The van der Waals surface area contributed by atoms with Crippen LogP contribution in [0.5, 0.6) is 0 Å². The van der Waals surface area contributed by atoms with Gasteiger partial charge in [-0.1, -0.05) is 22.4 Å². The number of rotatable bonds is 3. The van der Waals surface area contributed by atoms with Crippen molar-refractivity contribution >= 4 is 15.9 Å². The third kappa shape index (κ3) is 2.74. The number of ether oxygens (including phenoxy) is 1. The summed E-state index contributed by atoms with van der Waals surface area (Å²) < 4.78 is 5.80. The summed E-state index contributed by atoms with van der Waals surface area (Å²) in [5, 5.41) is 1.09. The first kappa shape index (κ1) is 10.5. The zero-order valence-electron chi connectivity index (χ0n) is 8.32. The first-order valence-electron chi connectivity index (χ1n) is 4.67. The molecule has 2 heteroatoms. The number of alkyl halides is 1. The van der Waals surface area contributed by atoms with Crippen LogP contribution >= 0.6 is 15.9 Å². The third-order valence-corrected chi connectivity index (χ3v) is 3.70. The van der Waals surface area contributed by atoms with Gasteiger partial charge in [-0.3, -0.25) is 0 Å². The molecule has 0 saturated heterocycles. The summed E-state index contributed by atoms with van der Waals surface area (Å²) in [6.07, 6.45) is 4.03. The van der Waals surface area contributed by atoms with Crippen LogP contribution in [0.1, 0.15) is 40.0 Å². The summed E-state index contributed by atoms with van der Waals surface area (Å²) in [4.78, 5) is 0. The SMILES string of the molecule is CC(C)(C)OCC1(CBr)CCC1. The van der Waals surface area contributed by atoms with E-state index in [0.29, 0.717) is 5.41 Å². The van der Waals surface area contributed by atoms with Crippen LogP contribution in [0.3, 0.4) is 0 Å². The van der Waals surface area contributed by atoms with Gasteiger partial charge in [0.1, 0.15) is 0 Å². The van der Waals surface area contributed by atoms with Crippen LogP contribution < -0.4 is 0 Å². The molecule has 0 aromatic heterocycles. The highest BCUT2D eigenvalue weighted by atomic mass is 79.9. The van der Waals surface area contributed by atoms with E-state index in [0.717, 1.165) is 11.9 Å². The Labute approximate surface area is 84.0 Å². The van der Waals surface area contributed by atoms with Crippen LogP contribution in [0.4, 0.5) is 0 Å². The molecule has 1 rings (SSSR count). The van der Waals surface area contributed by atoms with Gasteiger partial charge < -0.3 is 4.74 Å². The average molecular weight is 235 g/mol. The Morgan fingerprint density at radius 2 is 1.92 bits per heavy atom. The monoisotopic (exact) mass is 234 g/mol. The molecule has 0 spiro atoms. The molecule has 0 atom stereocenters. The maximum absolute atomic E-state index is 5.80. The van der Waals surface area contributed by atoms with Gasteiger partial charge in [0.15, 0.2) is 0 Å². The minimum absolute atomic E-state index is 0.0186. The fourth-order valence-corrected chi connectivity index (χ4v) is 2.09. The topological polar surface area (TPSA) is 9.23 Å². The average Bonchev–Trinajstić information content (AvgIpc) is 1.84. The van der Waals surface area contributed by atoms with Gasteiger partial charge in [0.2, 0.25) is 0 Å². The second kappa shape index (κ2) is 3.67. The molecule has 1 saturated carbocycles. The standard InChI is InChI=1S/C10H19BrO/c1-9(2,3)12-8-10(7-11)5-4-6-10/h4-8H2,1-3H3. The van der Waals surface area contributed by atoms with E-state index in [-0.39, 0.29) is 5.60 Å². The molecule has 0 heterocycles. The second-order valence-corrected chi connectivity index (χ2v) is 5.45. The zero-order valence-corrected chi connectivity index (χ0v) is 9.91. The van der Waals surface area contributed by atoms with Crippen molar-refractivity contribution in [3.05, 3.63) is 0 Å². The molecule has 1 nitrogen and oxygen atoms in total. The molecule has 0 N–H and O–H groups in total. The lowest BCUT2D eigenvalue weighted by Crippen LogP contribution is -2.39. The van der Waals surface area contributed by atoms with Crippen molar-refractivity contribution in [1.29, 1.82) is 0 Å². The van der Waals surface area contributed by atoms with Crippen LogP contribution in [0.15, 0.2) is 0 Å². The maximum Gasteiger partial charge on any atom is 0.0598 e. The molecule has 0 unspecified atom stereocenters. The fourth-order valence-electron chi connectivity index (χ4n) is 1.36. The van der Waals surface area contributed by atoms with Gasteiger partial charge in [-0.2, -0.15) is 0 Å². The Bertz CT molecular complexity index is 139. The predicted molar refractivity (Wildman–Crippen MR) is 55.8 cm³/mol. The number of hydrogen-bond donors (Lipinski definition) is 0. The molecule has 0 radical (unpaired) electrons. The molecule has 12 heavy (non-hydrogen) atoms. The van der Waals surface area contributed by atoms with E-state index in [4.69, 9.17) is 4.74 Å². The van der Waals surface area contributed by atoms with Gasteiger partial charge in [0.25, 0.3) is 0 Å². The van der Waals surface area contributed by atoms with Crippen LogP contribution in [0.25, 0.3) is 0 Å². The Kier molecular flexibility index (Phi) is 3.21. The summed E-state index contributed by atoms with van der Waals surface area (Å²) in [7, 11) is 0. The molecule has 0 aromatic carbocycles. The normalized spacial score (nSPS) is 22.0. The highest BCUT2D eigenvalue weighted by Crippen LogP contribution is 2.43. The molecular weight excluding hydrogens is 216 g/mol. The van der Waals surface area contributed by atoms with Crippen molar-refractivity contribution in [3.8, 4) is 0 Å². The van der Waals surface area contributed by atoms with E-state index >= 15 is 0 Å². The number of halogens is 1. The summed E-state index contributed by atoms with van der Waals surface area (Å²) in [6, 6.07) is 0. The quantitative estimate of drug-likeness (QED) is 0.681.